The first-order chi connectivity index (χ1) is 7.77. The number of hydrogen-bond donors (Lipinski definition) is 2. The van der Waals surface area contributed by atoms with Gasteiger partial charge in [0.2, 0.25) is 0 Å². The molecule has 2 heterocycles. The summed E-state index contributed by atoms with van der Waals surface area (Å²) in [5, 5.41) is 8.29. The highest BCUT2D eigenvalue weighted by molar-refractivity contribution is 9.10. The molecule has 1 aromatic rings. The fourth-order valence-electron chi connectivity index (χ4n) is 1.90. The van der Waals surface area contributed by atoms with Crippen molar-refractivity contribution >= 4 is 33.2 Å². The molecule has 0 radical (unpaired) electrons. The van der Waals surface area contributed by atoms with Crippen molar-refractivity contribution in [3.05, 3.63) is 20.8 Å². The molecule has 0 aromatic carbocycles. The quantitative estimate of drug-likeness (QED) is 0.896. The first-order valence-corrected chi connectivity index (χ1v) is 7.19. The molecule has 1 saturated heterocycles. The van der Waals surface area contributed by atoms with Crippen LogP contribution in [0.15, 0.2) is 15.9 Å². The Hall–Kier alpha value is -0.390. The monoisotopic (exact) mass is 302 g/mol. The third-order valence-electron chi connectivity index (χ3n) is 2.76. The molecule has 3 nitrogen and oxygen atoms in total. The second-order valence-electron chi connectivity index (χ2n) is 3.94. The molecule has 0 aliphatic carbocycles. The molecule has 0 unspecified atom stereocenters. The molecule has 0 bridgehead atoms. The van der Waals surface area contributed by atoms with E-state index in [-0.39, 0.29) is 5.91 Å². The Kier molecular flexibility index (Phi) is 4.37. The van der Waals surface area contributed by atoms with Crippen LogP contribution in [0.2, 0.25) is 0 Å². The highest BCUT2D eigenvalue weighted by Gasteiger charge is 2.15. The molecule has 0 spiro atoms. The van der Waals surface area contributed by atoms with Crippen LogP contribution in [0.4, 0.5) is 0 Å². The van der Waals surface area contributed by atoms with Gasteiger partial charge in [-0.25, -0.2) is 0 Å². The fourth-order valence-corrected chi connectivity index (χ4v) is 3.37. The summed E-state index contributed by atoms with van der Waals surface area (Å²) < 4.78 is 0.883. The van der Waals surface area contributed by atoms with E-state index in [0.717, 1.165) is 28.9 Å². The van der Waals surface area contributed by atoms with E-state index in [2.05, 4.69) is 26.6 Å². The van der Waals surface area contributed by atoms with E-state index in [1.54, 1.807) is 0 Å². The van der Waals surface area contributed by atoms with Gasteiger partial charge in [0.25, 0.3) is 5.91 Å². The number of carbonyl (C=O) groups is 1. The topological polar surface area (TPSA) is 41.1 Å². The van der Waals surface area contributed by atoms with Gasteiger partial charge < -0.3 is 10.6 Å². The molecule has 2 rings (SSSR count). The number of rotatable bonds is 4. The zero-order valence-electron chi connectivity index (χ0n) is 8.96. The summed E-state index contributed by atoms with van der Waals surface area (Å²) in [5.41, 5.74) is 0. The standard InChI is InChI=1S/C11H15BrN2OS/c12-9-4-7-16-10(9)11(15)14-6-3-8-2-1-5-13-8/h4,7-8,13H,1-3,5-6H2,(H,14,15)/t8-/m0/s1. The van der Waals surface area contributed by atoms with Crippen LogP contribution in [0.25, 0.3) is 0 Å². The molecule has 1 aliphatic heterocycles. The lowest BCUT2D eigenvalue weighted by atomic mass is 10.1. The van der Waals surface area contributed by atoms with Gasteiger partial charge in [-0.3, -0.25) is 4.79 Å². The van der Waals surface area contributed by atoms with Crippen molar-refractivity contribution in [3.63, 3.8) is 0 Å². The van der Waals surface area contributed by atoms with Crippen molar-refractivity contribution in [2.45, 2.75) is 25.3 Å². The van der Waals surface area contributed by atoms with E-state index in [1.165, 1.54) is 24.2 Å². The average Bonchev–Trinajstić information content (AvgIpc) is 2.88. The van der Waals surface area contributed by atoms with Gasteiger partial charge in [0, 0.05) is 17.1 Å². The van der Waals surface area contributed by atoms with Crippen molar-refractivity contribution in [1.29, 1.82) is 0 Å². The molecule has 16 heavy (non-hydrogen) atoms. The van der Waals surface area contributed by atoms with E-state index < -0.39 is 0 Å². The molecule has 88 valence electrons. The van der Waals surface area contributed by atoms with Crippen LogP contribution in [-0.4, -0.2) is 25.0 Å². The summed E-state index contributed by atoms with van der Waals surface area (Å²) in [7, 11) is 0. The summed E-state index contributed by atoms with van der Waals surface area (Å²) in [6.07, 6.45) is 3.52. The highest BCUT2D eigenvalue weighted by atomic mass is 79.9. The lowest BCUT2D eigenvalue weighted by Gasteiger charge is -2.10. The van der Waals surface area contributed by atoms with Crippen molar-refractivity contribution in [2.24, 2.45) is 0 Å². The first-order valence-electron chi connectivity index (χ1n) is 5.52. The third-order valence-corrected chi connectivity index (χ3v) is 4.60. The third kappa shape index (κ3) is 3.06. The molecule has 2 N–H and O–H groups in total. The van der Waals surface area contributed by atoms with Gasteiger partial charge in [0.1, 0.15) is 4.88 Å². The summed E-state index contributed by atoms with van der Waals surface area (Å²) in [5.74, 6) is 0.0277. The summed E-state index contributed by atoms with van der Waals surface area (Å²) in [6.45, 7) is 1.87. The number of hydrogen-bond acceptors (Lipinski definition) is 3. The van der Waals surface area contributed by atoms with Gasteiger partial charge >= 0.3 is 0 Å². The van der Waals surface area contributed by atoms with E-state index in [9.17, 15) is 4.79 Å². The highest BCUT2D eigenvalue weighted by Crippen LogP contribution is 2.22. The van der Waals surface area contributed by atoms with E-state index in [0.29, 0.717) is 6.04 Å². The Labute approximate surface area is 108 Å². The lowest BCUT2D eigenvalue weighted by molar-refractivity contribution is 0.0955. The maximum atomic E-state index is 11.7. The van der Waals surface area contributed by atoms with Crippen molar-refractivity contribution in [1.82, 2.24) is 10.6 Å². The maximum Gasteiger partial charge on any atom is 0.262 e. The average molecular weight is 303 g/mol. The summed E-state index contributed by atoms with van der Waals surface area (Å²) >= 11 is 4.83. The van der Waals surface area contributed by atoms with Crippen LogP contribution in [0.5, 0.6) is 0 Å². The first kappa shape index (κ1) is 12.1. The van der Waals surface area contributed by atoms with Crippen LogP contribution in [-0.2, 0) is 0 Å². The number of thiophene rings is 1. The van der Waals surface area contributed by atoms with Crippen LogP contribution in [0.1, 0.15) is 28.9 Å². The molecule has 0 saturated carbocycles. The minimum absolute atomic E-state index is 0.0277. The second-order valence-corrected chi connectivity index (χ2v) is 5.71. The van der Waals surface area contributed by atoms with Gasteiger partial charge in [-0.15, -0.1) is 11.3 Å². The maximum absolute atomic E-state index is 11.7. The van der Waals surface area contributed by atoms with E-state index in [4.69, 9.17) is 0 Å². The minimum Gasteiger partial charge on any atom is -0.351 e. The second kappa shape index (κ2) is 5.80. The smallest absolute Gasteiger partial charge is 0.262 e. The van der Waals surface area contributed by atoms with Gasteiger partial charge in [-0.05, 0) is 53.2 Å². The Morgan fingerprint density at radius 2 is 2.56 bits per heavy atom. The Morgan fingerprint density at radius 3 is 3.19 bits per heavy atom. The molecule has 1 aromatic heterocycles. The Bertz CT molecular complexity index is 361. The van der Waals surface area contributed by atoms with Crippen molar-refractivity contribution < 1.29 is 4.79 Å². The number of nitrogens with one attached hydrogen (secondary N) is 2. The SMILES string of the molecule is O=C(NCC[C@@H]1CCCN1)c1sccc1Br. The predicted molar refractivity (Wildman–Crippen MR) is 70.0 cm³/mol. The fraction of sp³-hybridized carbons (Fsp3) is 0.545. The number of halogens is 1. The van der Waals surface area contributed by atoms with Gasteiger partial charge in [-0.1, -0.05) is 0 Å². The zero-order valence-corrected chi connectivity index (χ0v) is 11.4. The Balaban J connectivity index is 1.73. The van der Waals surface area contributed by atoms with Crippen molar-refractivity contribution in [3.8, 4) is 0 Å². The summed E-state index contributed by atoms with van der Waals surface area (Å²) in [4.78, 5) is 12.5. The molecule has 1 atom stereocenters. The normalized spacial score (nSPS) is 19.9. The molecule has 1 fully saturated rings. The minimum atomic E-state index is 0.0277. The number of amides is 1. The van der Waals surface area contributed by atoms with Gasteiger partial charge in [0.15, 0.2) is 0 Å². The molecule has 1 aliphatic rings. The van der Waals surface area contributed by atoms with Crippen molar-refractivity contribution in [2.75, 3.05) is 13.1 Å². The molecule has 5 heteroatoms. The largest absolute Gasteiger partial charge is 0.351 e. The Morgan fingerprint density at radius 1 is 1.69 bits per heavy atom. The molecular weight excluding hydrogens is 288 g/mol. The van der Waals surface area contributed by atoms with E-state index in [1.807, 2.05) is 11.4 Å². The molecule has 1 amide bonds. The van der Waals surface area contributed by atoms with Crippen LogP contribution in [0.3, 0.4) is 0 Å². The van der Waals surface area contributed by atoms with Gasteiger partial charge in [-0.2, -0.15) is 0 Å². The van der Waals surface area contributed by atoms with Crippen LogP contribution < -0.4 is 10.6 Å². The lowest BCUT2D eigenvalue weighted by Crippen LogP contribution is -2.30. The van der Waals surface area contributed by atoms with E-state index >= 15 is 0 Å². The van der Waals surface area contributed by atoms with Crippen LogP contribution in [0, 0.1) is 0 Å². The zero-order chi connectivity index (χ0) is 11.4. The molecular formula is C11H15BrN2OS. The predicted octanol–water partition coefficient (Wildman–Crippen LogP) is 2.38. The number of carbonyl (C=O) groups excluding carboxylic acids is 1. The van der Waals surface area contributed by atoms with Crippen LogP contribution >= 0.6 is 27.3 Å². The summed E-state index contributed by atoms with van der Waals surface area (Å²) in [6, 6.07) is 2.49. The van der Waals surface area contributed by atoms with Gasteiger partial charge in [0.05, 0.1) is 0 Å².